The molecule has 2 aliphatic carbocycles. The van der Waals surface area contributed by atoms with E-state index >= 15 is 0 Å². The second-order valence-electron chi connectivity index (χ2n) is 17.9. The normalized spacial score (nSPS) is 23.6. The predicted octanol–water partition coefficient (Wildman–Crippen LogP) is 5.02. The Hall–Kier alpha value is -5.06. The lowest BCUT2D eigenvalue weighted by Gasteiger charge is -2.62. The van der Waals surface area contributed by atoms with Crippen molar-refractivity contribution >= 4 is 36.1 Å². The summed E-state index contributed by atoms with van der Waals surface area (Å²) in [5, 5.41) is 16.1. The summed E-state index contributed by atoms with van der Waals surface area (Å²) in [6.07, 6.45) is 0.877. The summed E-state index contributed by atoms with van der Waals surface area (Å²) in [4.78, 5) is 82.3. The lowest BCUT2D eigenvalue weighted by atomic mass is 9.50. The summed E-state index contributed by atoms with van der Waals surface area (Å²) in [6.45, 7) is 14.5. The van der Waals surface area contributed by atoms with Gasteiger partial charge >= 0.3 is 36.1 Å². The number of carbonyl (C=O) groups excluding carboxylic acids is 6. The van der Waals surface area contributed by atoms with Crippen LogP contribution in [0.3, 0.4) is 0 Å². The maximum Gasteiger partial charge on any atom is 0.408 e. The number of phenolic OH excluding ortho intramolecular Hbond substituents is 1. The highest BCUT2D eigenvalue weighted by atomic mass is 16.6. The first-order valence-electron chi connectivity index (χ1n) is 20.8. The van der Waals surface area contributed by atoms with Crippen LogP contribution in [0.25, 0.3) is 0 Å². The Kier molecular flexibility index (Phi) is 14.0. The minimum absolute atomic E-state index is 0.0223. The number of nitrogens with zero attached hydrogens (tertiary/aromatic N) is 1. The van der Waals surface area contributed by atoms with Gasteiger partial charge in [0.05, 0.1) is 37.5 Å². The van der Waals surface area contributed by atoms with E-state index in [2.05, 4.69) is 15.5 Å². The molecule has 1 aromatic carbocycles. The van der Waals surface area contributed by atoms with E-state index in [1.54, 1.807) is 53.7 Å². The highest BCUT2D eigenvalue weighted by Gasteiger charge is 2.74. The lowest BCUT2D eigenvalue weighted by molar-refractivity contribution is -0.207. The van der Waals surface area contributed by atoms with E-state index in [4.69, 9.17) is 33.2 Å². The van der Waals surface area contributed by atoms with E-state index in [0.29, 0.717) is 37.8 Å². The molecule has 17 heteroatoms. The number of likely N-dealkylation sites (N-methyl/N-ethyl adjacent to an activating group) is 1. The maximum absolute atomic E-state index is 14.3. The zero-order chi connectivity index (χ0) is 44.2. The number of nitrogens with one attached hydrogen (secondary N) is 2. The first-order valence-corrected chi connectivity index (χ1v) is 20.8. The summed E-state index contributed by atoms with van der Waals surface area (Å²) < 4.78 is 40.7. The Bertz CT molecular complexity index is 1850. The molecule has 5 rings (SSSR count). The van der Waals surface area contributed by atoms with Crippen molar-refractivity contribution in [1.82, 2.24) is 15.5 Å². The molecule has 4 aliphatic rings. The number of amides is 2. The molecule has 3 N–H and O–H groups in total. The molecule has 0 unspecified atom stereocenters. The molecule has 0 saturated carbocycles. The number of phenols is 1. The van der Waals surface area contributed by atoms with Gasteiger partial charge in [0.1, 0.15) is 34.6 Å². The van der Waals surface area contributed by atoms with Crippen molar-refractivity contribution in [1.29, 1.82) is 0 Å². The van der Waals surface area contributed by atoms with Crippen molar-refractivity contribution < 1.29 is 67.0 Å². The molecule has 1 aromatic rings. The summed E-state index contributed by atoms with van der Waals surface area (Å²) in [5.74, 6) is -3.30. The Balaban J connectivity index is 1.48. The van der Waals surface area contributed by atoms with Crippen LogP contribution in [-0.2, 0) is 59.4 Å². The largest absolute Gasteiger partial charge is 0.504 e. The number of esters is 4. The standard InChI is InChI=1S/C43H61N3O14/c1-10-12-20-54-36(50)26(44-38(52)59-40(3,4)5)23-31(48)56-29-16-17-43(58-32(49)24-27(37(51)55-21-13-11-2)45-39(53)60-41(6,7)8)30-22-25-14-15-28(47)34-33(25)42(43,35(29)57-34)18-19-46(30)9/h14-16,26-27,30,35,47H,10-13,17-24H2,1-9H3,(H,44,52)(H,45,53)/t26-,27-,30+,35-,42-,43+/m0/s1. The van der Waals surface area contributed by atoms with Crippen LogP contribution < -0.4 is 15.4 Å². The number of unbranched alkanes of at least 4 members (excludes halogenated alkanes) is 2. The van der Waals surface area contributed by atoms with Crippen molar-refractivity contribution in [3.8, 4) is 11.5 Å². The first-order chi connectivity index (χ1) is 28.1. The fourth-order valence-corrected chi connectivity index (χ4v) is 8.48. The quantitative estimate of drug-likeness (QED) is 0.113. The molecule has 0 aromatic heterocycles. The van der Waals surface area contributed by atoms with Gasteiger partial charge in [-0.1, -0.05) is 32.8 Å². The van der Waals surface area contributed by atoms with Gasteiger partial charge in [-0.15, -0.1) is 0 Å². The Morgan fingerprint density at radius 1 is 0.867 bits per heavy atom. The molecule has 2 bridgehead atoms. The number of piperidine rings is 1. The summed E-state index contributed by atoms with van der Waals surface area (Å²) >= 11 is 0. The van der Waals surface area contributed by atoms with E-state index in [1.807, 2.05) is 20.9 Å². The number of rotatable bonds is 16. The van der Waals surface area contributed by atoms with Crippen molar-refractivity contribution in [3.05, 3.63) is 35.1 Å². The molecule has 0 radical (unpaired) electrons. The van der Waals surface area contributed by atoms with Gasteiger partial charge in [-0.05, 0) is 98.5 Å². The summed E-state index contributed by atoms with van der Waals surface area (Å²) in [7, 11) is 1.92. The smallest absolute Gasteiger partial charge is 0.408 e. The van der Waals surface area contributed by atoms with Crippen LogP contribution >= 0.6 is 0 Å². The molecule has 17 nitrogen and oxygen atoms in total. The van der Waals surface area contributed by atoms with Gasteiger partial charge < -0.3 is 48.9 Å². The van der Waals surface area contributed by atoms with E-state index in [0.717, 1.165) is 18.4 Å². The second kappa shape index (κ2) is 18.3. The van der Waals surface area contributed by atoms with Crippen molar-refractivity contribution in [2.75, 3.05) is 26.8 Å². The van der Waals surface area contributed by atoms with E-state index in [1.165, 1.54) is 6.07 Å². The number of aromatic hydroxyl groups is 1. The molecule has 2 heterocycles. The van der Waals surface area contributed by atoms with Gasteiger partial charge in [-0.2, -0.15) is 0 Å². The highest BCUT2D eigenvalue weighted by molar-refractivity contribution is 5.88. The molecule has 2 aliphatic heterocycles. The molecule has 6 atom stereocenters. The summed E-state index contributed by atoms with van der Waals surface area (Å²) in [5.41, 5.74) is -2.88. The van der Waals surface area contributed by atoms with Gasteiger partial charge in [0, 0.05) is 12.0 Å². The highest BCUT2D eigenvalue weighted by Crippen LogP contribution is 2.66. The molecule has 60 heavy (non-hydrogen) atoms. The minimum atomic E-state index is -1.44. The maximum atomic E-state index is 14.3. The first kappa shape index (κ1) is 46.0. The number of likely N-dealkylation sites (tertiary alicyclic amines) is 1. The average Bonchev–Trinajstić information content (AvgIpc) is 3.49. The fraction of sp³-hybridized carbons (Fsp3) is 0.674. The Morgan fingerprint density at radius 2 is 1.42 bits per heavy atom. The zero-order valence-corrected chi connectivity index (χ0v) is 36.2. The topological polar surface area (TPSA) is 215 Å². The molecular formula is C43H61N3O14. The van der Waals surface area contributed by atoms with E-state index in [9.17, 15) is 33.9 Å². The molecule has 1 saturated heterocycles. The Morgan fingerprint density at radius 3 is 1.95 bits per heavy atom. The van der Waals surface area contributed by atoms with Crippen LogP contribution in [0.5, 0.6) is 11.5 Å². The minimum Gasteiger partial charge on any atom is -0.504 e. The van der Waals surface area contributed by atoms with Crippen LogP contribution in [0, 0.1) is 0 Å². The van der Waals surface area contributed by atoms with Crippen LogP contribution in [0.1, 0.15) is 118 Å². The van der Waals surface area contributed by atoms with Gasteiger partial charge in [-0.25, -0.2) is 19.2 Å². The molecule has 332 valence electrons. The monoisotopic (exact) mass is 843 g/mol. The number of benzene rings is 1. The van der Waals surface area contributed by atoms with Crippen LogP contribution in [-0.4, -0.2) is 114 Å². The number of carbonyl (C=O) groups is 6. The lowest BCUT2D eigenvalue weighted by Crippen LogP contribution is -2.75. The van der Waals surface area contributed by atoms with E-state index in [-0.39, 0.29) is 36.9 Å². The van der Waals surface area contributed by atoms with Crippen molar-refractivity contribution in [3.63, 3.8) is 0 Å². The third-order valence-corrected chi connectivity index (χ3v) is 11.0. The molecule has 2 amide bonds. The number of ether oxygens (including phenoxy) is 7. The number of alkyl carbamates (subject to hydrolysis) is 2. The van der Waals surface area contributed by atoms with Crippen LogP contribution in [0.2, 0.25) is 0 Å². The molecule has 1 fully saturated rings. The number of hydrogen-bond donors (Lipinski definition) is 3. The Labute approximate surface area is 351 Å². The van der Waals surface area contributed by atoms with Crippen molar-refractivity contribution in [2.45, 2.75) is 160 Å². The van der Waals surface area contributed by atoms with E-state index < -0.39 is 95.4 Å². The van der Waals surface area contributed by atoms with Crippen LogP contribution in [0.4, 0.5) is 9.59 Å². The third kappa shape index (κ3) is 9.93. The van der Waals surface area contributed by atoms with Crippen molar-refractivity contribution in [2.24, 2.45) is 0 Å². The van der Waals surface area contributed by atoms with Gasteiger partial charge in [0.2, 0.25) is 0 Å². The van der Waals surface area contributed by atoms with Gasteiger partial charge in [0.25, 0.3) is 0 Å². The number of hydrogen-bond acceptors (Lipinski definition) is 15. The third-order valence-electron chi connectivity index (χ3n) is 11.0. The zero-order valence-electron chi connectivity index (χ0n) is 36.2. The SMILES string of the molecule is CCCCOC(=O)[C@H](CC(=O)OC1=CC[C@@]2(OC(=O)C[C@H](NC(=O)OC(C)(C)C)C(=O)OCCCC)[C@H]3Cc4ccc(O)c5c4[C@@]2(CCN3C)[C@H]1O5)NC(=O)OC(C)(C)C. The second-order valence-corrected chi connectivity index (χ2v) is 17.9. The summed E-state index contributed by atoms with van der Waals surface area (Å²) in [6, 6.07) is 0.0104. The van der Waals surface area contributed by atoms with Crippen LogP contribution in [0.15, 0.2) is 24.0 Å². The molecule has 1 spiro atoms. The predicted molar refractivity (Wildman–Crippen MR) is 214 cm³/mol. The van der Waals surface area contributed by atoms with Gasteiger partial charge in [-0.3, -0.25) is 14.5 Å². The van der Waals surface area contributed by atoms with Gasteiger partial charge in [0.15, 0.2) is 17.6 Å². The average molecular weight is 844 g/mol. The fourth-order valence-electron chi connectivity index (χ4n) is 8.48. The molecular weight excluding hydrogens is 782 g/mol.